The zero-order valence-electron chi connectivity index (χ0n) is 12.1. The Labute approximate surface area is 135 Å². The van der Waals surface area contributed by atoms with Crippen molar-refractivity contribution in [1.82, 2.24) is 4.90 Å². The third kappa shape index (κ3) is 5.20. The van der Waals surface area contributed by atoms with Gasteiger partial charge in [0.1, 0.15) is 0 Å². The van der Waals surface area contributed by atoms with E-state index in [9.17, 15) is 4.79 Å². The Bertz CT molecular complexity index is 446. The molecular weight excluding hydrogens is 306 g/mol. The lowest BCUT2D eigenvalue weighted by Gasteiger charge is -2.28. The first-order chi connectivity index (χ1) is 10.2. The highest BCUT2D eigenvalue weighted by Gasteiger charge is 2.25. The average Bonchev–Trinajstić information content (AvgIpc) is 3.00. The summed E-state index contributed by atoms with van der Waals surface area (Å²) in [6.07, 6.45) is 4.54. The summed E-state index contributed by atoms with van der Waals surface area (Å²) in [5.41, 5.74) is 1.17. The van der Waals surface area contributed by atoms with E-state index in [0.29, 0.717) is 18.3 Å². The second-order valence-electron chi connectivity index (χ2n) is 5.37. The Balaban J connectivity index is 1.79. The number of aliphatic hydroxyl groups excluding tert-OH is 1. The Hall–Kier alpha value is -0.710. The Morgan fingerprint density at radius 3 is 2.57 bits per heavy atom. The maximum atomic E-state index is 12.3. The first kappa shape index (κ1) is 16.7. The maximum absolute atomic E-state index is 12.3. The summed E-state index contributed by atoms with van der Waals surface area (Å²) >= 11 is 7.47. The van der Waals surface area contributed by atoms with Crippen LogP contribution in [0.3, 0.4) is 0 Å². The average molecular weight is 328 g/mol. The highest BCUT2D eigenvalue weighted by molar-refractivity contribution is 7.99. The molecule has 0 heterocycles. The first-order valence-electron chi connectivity index (χ1n) is 7.43. The molecule has 5 heteroatoms. The normalized spacial score (nSPS) is 15.3. The van der Waals surface area contributed by atoms with Crippen LogP contribution in [0.5, 0.6) is 0 Å². The van der Waals surface area contributed by atoms with Crippen molar-refractivity contribution in [3.05, 3.63) is 34.9 Å². The van der Waals surface area contributed by atoms with Gasteiger partial charge in [0.05, 0.1) is 12.4 Å². The number of hydrogen-bond acceptors (Lipinski definition) is 3. The Morgan fingerprint density at radius 1 is 1.29 bits per heavy atom. The highest BCUT2D eigenvalue weighted by Crippen LogP contribution is 2.24. The van der Waals surface area contributed by atoms with Gasteiger partial charge < -0.3 is 10.0 Å². The molecule has 0 unspecified atom stereocenters. The van der Waals surface area contributed by atoms with Crippen LogP contribution in [0.15, 0.2) is 24.3 Å². The van der Waals surface area contributed by atoms with Crippen molar-refractivity contribution in [2.24, 2.45) is 0 Å². The van der Waals surface area contributed by atoms with Gasteiger partial charge in [-0.15, -0.1) is 11.8 Å². The zero-order chi connectivity index (χ0) is 15.1. The minimum absolute atomic E-state index is 0.0457. The molecule has 2 rings (SSSR count). The molecule has 1 aromatic rings. The minimum Gasteiger partial charge on any atom is -0.395 e. The summed E-state index contributed by atoms with van der Waals surface area (Å²) in [7, 11) is 0. The van der Waals surface area contributed by atoms with E-state index in [4.69, 9.17) is 16.7 Å². The maximum Gasteiger partial charge on any atom is 0.232 e. The van der Waals surface area contributed by atoms with E-state index in [1.165, 1.54) is 18.4 Å². The zero-order valence-corrected chi connectivity index (χ0v) is 13.7. The fraction of sp³-hybridized carbons (Fsp3) is 0.562. The van der Waals surface area contributed by atoms with Crippen LogP contribution in [0.25, 0.3) is 0 Å². The van der Waals surface area contributed by atoms with Gasteiger partial charge in [0, 0.05) is 23.4 Å². The fourth-order valence-electron chi connectivity index (χ4n) is 2.75. The second-order valence-corrected chi connectivity index (χ2v) is 6.79. The van der Waals surface area contributed by atoms with Crippen molar-refractivity contribution in [2.75, 3.05) is 18.9 Å². The number of rotatable bonds is 7. The van der Waals surface area contributed by atoms with Gasteiger partial charge in [0.25, 0.3) is 0 Å². The van der Waals surface area contributed by atoms with Crippen LogP contribution in [0.4, 0.5) is 0 Å². The van der Waals surface area contributed by atoms with E-state index in [2.05, 4.69) is 0 Å². The number of hydrogen-bond donors (Lipinski definition) is 1. The summed E-state index contributed by atoms with van der Waals surface area (Å²) in [4.78, 5) is 14.2. The van der Waals surface area contributed by atoms with Crippen LogP contribution >= 0.6 is 23.4 Å². The molecule has 0 spiro atoms. The lowest BCUT2D eigenvalue weighted by Crippen LogP contribution is -2.41. The van der Waals surface area contributed by atoms with Crippen LogP contribution in [-0.2, 0) is 10.5 Å². The number of thioether (sulfide) groups is 1. The largest absolute Gasteiger partial charge is 0.395 e. The predicted octanol–water partition coefficient (Wildman–Crippen LogP) is 3.34. The van der Waals surface area contributed by atoms with Crippen LogP contribution < -0.4 is 0 Å². The molecule has 21 heavy (non-hydrogen) atoms. The molecule has 1 aromatic carbocycles. The molecule has 116 valence electrons. The van der Waals surface area contributed by atoms with Gasteiger partial charge in [0.15, 0.2) is 0 Å². The van der Waals surface area contributed by atoms with E-state index in [-0.39, 0.29) is 12.5 Å². The molecule has 0 radical (unpaired) electrons. The number of halogens is 1. The van der Waals surface area contributed by atoms with Crippen molar-refractivity contribution in [2.45, 2.75) is 37.5 Å². The Kier molecular flexibility index (Phi) is 6.87. The van der Waals surface area contributed by atoms with Crippen LogP contribution in [0.1, 0.15) is 31.2 Å². The van der Waals surface area contributed by atoms with Gasteiger partial charge in [-0.05, 0) is 30.5 Å². The molecule has 0 saturated heterocycles. The summed E-state index contributed by atoms with van der Waals surface area (Å²) in [5, 5.41) is 9.89. The third-order valence-corrected chi connectivity index (χ3v) is 5.07. The van der Waals surface area contributed by atoms with Crippen molar-refractivity contribution < 1.29 is 9.90 Å². The highest BCUT2D eigenvalue weighted by atomic mass is 35.5. The monoisotopic (exact) mass is 327 g/mol. The number of carbonyl (C=O) groups excluding carboxylic acids is 1. The topological polar surface area (TPSA) is 40.5 Å². The van der Waals surface area contributed by atoms with Gasteiger partial charge in [0.2, 0.25) is 5.91 Å². The number of carbonyl (C=O) groups is 1. The lowest BCUT2D eigenvalue weighted by atomic mass is 10.2. The lowest BCUT2D eigenvalue weighted by molar-refractivity contribution is -0.131. The SMILES string of the molecule is O=C(CSCc1ccc(Cl)cc1)N(CCO)C1CCCC1. The molecule has 0 aromatic heterocycles. The van der Waals surface area contributed by atoms with E-state index < -0.39 is 0 Å². The van der Waals surface area contributed by atoms with Crippen LogP contribution in [0.2, 0.25) is 5.02 Å². The number of nitrogens with zero attached hydrogens (tertiary/aromatic N) is 1. The van der Waals surface area contributed by atoms with E-state index in [1.807, 2.05) is 29.2 Å². The first-order valence-corrected chi connectivity index (χ1v) is 8.96. The van der Waals surface area contributed by atoms with E-state index >= 15 is 0 Å². The molecule has 3 nitrogen and oxygen atoms in total. The molecule has 1 N–H and O–H groups in total. The molecule has 0 atom stereocenters. The predicted molar refractivity (Wildman–Crippen MR) is 88.7 cm³/mol. The quantitative estimate of drug-likeness (QED) is 0.835. The summed E-state index contributed by atoms with van der Waals surface area (Å²) < 4.78 is 0. The fourth-order valence-corrected chi connectivity index (χ4v) is 3.75. The van der Waals surface area contributed by atoms with Gasteiger partial charge in [-0.1, -0.05) is 36.6 Å². The molecular formula is C16H22ClNO2S. The third-order valence-electron chi connectivity index (χ3n) is 3.83. The summed E-state index contributed by atoms with van der Waals surface area (Å²) in [6, 6.07) is 8.05. The van der Waals surface area contributed by atoms with Crippen molar-refractivity contribution >= 4 is 29.3 Å². The molecule has 0 aliphatic heterocycles. The van der Waals surface area contributed by atoms with Crippen LogP contribution in [0, 0.1) is 0 Å². The van der Waals surface area contributed by atoms with Gasteiger partial charge >= 0.3 is 0 Å². The second kappa shape index (κ2) is 8.66. The van der Waals surface area contributed by atoms with E-state index in [0.717, 1.165) is 23.6 Å². The molecule has 1 aliphatic rings. The molecule has 1 aliphatic carbocycles. The van der Waals surface area contributed by atoms with Crippen molar-refractivity contribution in [3.8, 4) is 0 Å². The molecule has 1 saturated carbocycles. The minimum atomic E-state index is 0.0457. The number of amides is 1. The smallest absolute Gasteiger partial charge is 0.232 e. The van der Waals surface area contributed by atoms with Gasteiger partial charge in [-0.3, -0.25) is 4.79 Å². The van der Waals surface area contributed by atoms with Crippen LogP contribution in [-0.4, -0.2) is 40.9 Å². The molecule has 1 amide bonds. The standard InChI is InChI=1S/C16H22ClNO2S/c17-14-7-5-13(6-8-14)11-21-12-16(20)18(9-10-19)15-3-1-2-4-15/h5-8,15,19H,1-4,9-12H2. The number of benzene rings is 1. The van der Waals surface area contributed by atoms with Gasteiger partial charge in [-0.25, -0.2) is 0 Å². The molecule has 0 bridgehead atoms. The molecule has 1 fully saturated rings. The van der Waals surface area contributed by atoms with E-state index in [1.54, 1.807) is 11.8 Å². The summed E-state index contributed by atoms with van der Waals surface area (Å²) in [5.74, 6) is 1.43. The number of aliphatic hydroxyl groups is 1. The van der Waals surface area contributed by atoms with Crippen molar-refractivity contribution in [3.63, 3.8) is 0 Å². The van der Waals surface area contributed by atoms with Gasteiger partial charge in [-0.2, -0.15) is 0 Å². The Morgan fingerprint density at radius 2 is 1.95 bits per heavy atom. The summed E-state index contributed by atoms with van der Waals surface area (Å²) in [6.45, 7) is 0.509. The van der Waals surface area contributed by atoms with Crippen molar-refractivity contribution in [1.29, 1.82) is 0 Å².